The summed E-state index contributed by atoms with van der Waals surface area (Å²) in [6, 6.07) is 7.45. The van der Waals surface area contributed by atoms with E-state index in [1.165, 1.54) is 0 Å². The molecule has 0 bridgehead atoms. The summed E-state index contributed by atoms with van der Waals surface area (Å²) in [6.45, 7) is 9.90. The molecule has 0 spiro atoms. The van der Waals surface area contributed by atoms with Crippen LogP contribution in [-0.4, -0.2) is 14.2 Å². The zero-order valence-electron chi connectivity index (χ0n) is 13.9. The average molecular weight is 313 g/mol. The lowest BCUT2D eigenvalue weighted by molar-refractivity contribution is 0.394. The smallest absolute Gasteiger partial charge is 0.141 e. The van der Waals surface area contributed by atoms with Gasteiger partial charge in [-0.05, 0) is 31.2 Å². The number of furan rings is 1. The van der Waals surface area contributed by atoms with Crippen LogP contribution in [0.4, 0.5) is 0 Å². The number of hydrogen-bond donors (Lipinski definition) is 0. The van der Waals surface area contributed by atoms with Gasteiger partial charge in [0.05, 0.1) is 14.2 Å². The molecule has 2 rings (SSSR count). The lowest BCUT2D eigenvalue weighted by Crippen LogP contribution is -1.90. The van der Waals surface area contributed by atoms with Gasteiger partial charge in [-0.25, -0.2) is 0 Å². The quantitative estimate of drug-likeness (QED) is 0.698. The maximum absolute atomic E-state index is 6.09. The first kappa shape index (κ1) is 19.4. The molecular weight excluding hydrogens is 288 g/mol. The molecule has 0 aliphatic heterocycles. The van der Waals surface area contributed by atoms with Crippen LogP contribution in [0.2, 0.25) is 5.02 Å². The van der Waals surface area contributed by atoms with Crippen molar-refractivity contribution in [2.24, 2.45) is 0 Å². The number of aryl methyl sites for hydroxylation is 1. The first-order valence-corrected chi connectivity index (χ1v) is 7.52. The van der Waals surface area contributed by atoms with Crippen LogP contribution in [0.25, 0.3) is 11.3 Å². The van der Waals surface area contributed by atoms with Crippen LogP contribution in [0.15, 0.2) is 28.7 Å². The van der Waals surface area contributed by atoms with Crippen LogP contribution in [-0.2, 0) is 0 Å². The van der Waals surface area contributed by atoms with Crippen molar-refractivity contribution in [2.45, 2.75) is 34.6 Å². The molecule has 0 radical (unpaired) electrons. The molecule has 4 heteroatoms. The van der Waals surface area contributed by atoms with Gasteiger partial charge in [-0.15, -0.1) is 0 Å². The molecule has 0 amide bonds. The molecule has 0 saturated carbocycles. The largest absolute Gasteiger partial charge is 0.495 e. The normalized spacial score (nSPS) is 8.95. The second-order valence-corrected chi connectivity index (χ2v) is 3.98. The highest BCUT2D eigenvalue weighted by molar-refractivity contribution is 6.33. The summed E-state index contributed by atoms with van der Waals surface area (Å²) >= 11 is 6.09. The van der Waals surface area contributed by atoms with Gasteiger partial charge in [-0.2, -0.15) is 0 Å². The molecule has 0 saturated heterocycles. The van der Waals surface area contributed by atoms with E-state index in [0.717, 1.165) is 17.1 Å². The molecular formula is C17H25ClO3. The minimum absolute atomic E-state index is 0.460. The highest BCUT2D eigenvalue weighted by atomic mass is 35.5. The van der Waals surface area contributed by atoms with Crippen LogP contribution in [0.3, 0.4) is 0 Å². The molecule has 21 heavy (non-hydrogen) atoms. The van der Waals surface area contributed by atoms with E-state index in [1.807, 2.05) is 58.9 Å². The third-order valence-electron chi connectivity index (χ3n) is 2.47. The van der Waals surface area contributed by atoms with Crippen LogP contribution in [0.1, 0.15) is 33.5 Å². The highest BCUT2D eigenvalue weighted by Gasteiger charge is 2.13. The first-order chi connectivity index (χ1) is 10.2. The summed E-state index contributed by atoms with van der Waals surface area (Å²) in [6.07, 6.45) is 0. The van der Waals surface area contributed by atoms with Crippen molar-refractivity contribution in [3.63, 3.8) is 0 Å². The van der Waals surface area contributed by atoms with Crippen molar-refractivity contribution in [1.29, 1.82) is 0 Å². The second-order valence-electron chi connectivity index (χ2n) is 3.61. The van der Waals surface area contributed by atoms with Crippen LogP contribution in [0, 0.1) is 6.92 Å². The van der Waals surface area contributed by atoms with E-state index < -0.39 is 0 Å². The molecule has 0 aliphatic rings. The molecule has 0 unspecified atom stereocenters. The van der Waals surface area contributed by atoms with Gasteiger partial charge in [-0.1, -0.05) is 39.3 Å². The first-order valence-electron chi connectivity index (χ1n) is 7.14. The summed E-state index contributed by atoms with van der Waals surface area (Å²) in [7, 11) is 3.13. The van der Waals surface area contributed by atoms with Crippen molar-refractivity contribution in [3.8, 4) is 22.8 Å². The Morgan fingerprint density at radius 3 is 1.71 bits per heavy atom. The number of methoxy groups -OCH3 is 2. The molecule has 3 nitrogen and oxygen atoms in total. The fourth-order valence-electron chi connectivity index (χ4n) is 1.60. The molecule has 1 aromatic carbocycles. The summed E-state index contributed by atoms with van der Waals surface area (Å²) in [5.41, 5.74) is 0.871. The van der Waals surface area contributed by atoms with E-state index in [-0.39, 0.29) is 0 Å². The maximum Gasteiger partial charge on any atom is 0.141 e. The Labute approximate surface area is 132 Å². The molecule has 0 fully saturated rings. The topological polar surface area (TPSA) is 31.6 Å². The minimum atomic E-state index is 0.460. The molecule has 118 valence electrons. The van der Waals surface area contributed by atoms with Gasteiger partial charge in [0.15, 0.2) is 0 Å². The van der Waals surface area contributed by atoms with Crippen molar-refractivity contribution in [1.82, 2.24) is 0 Å². The minimum Gasteiger partial charge on any atom is -0.495 e. The molecule has 2 aromatic rings. The Balaban J connectivity index is 0.000000921. The van der Waals surface area contributed by atoms with E-state index in [0.29, 0.717) is 16.5 Å². The maximum atomic E-state index is 6.09. The van der Waals surface area contributed by atoms with Gasteiger partial charge in [-0.3, -0.25) is 0 Å². The third-order valence-corrected chi connectivity index (χ3v) is 2.84. The summed E-state index contributed by atoms with van der Waals surface area (Å²) in [5.74, 6) is 2.74. The Morgan fingerprint density at radius 1 is 0.905 bits per heavy atom. The SMILES string of the molecule is CC.CC.COc1cc(-c2ccc(C)o2)cc(OC)c1Cl. The summed E-state index contributed by atoms with van der Waals surface area (Å²) in [5, 5.41) is 0.460. The van der Waals surface area contributed by atoms with E-state index in [1.54, 1.807) is 14.2 Å². The molecule has 0 N–H and O–H groups in total. The van der Waals surface area contributed by atoms with Gasteiger partial charge < -0.3 is 13.9 Å². The van der Waals surface area contributed by atoms with E-state index in [4.69, 9.17) is 25.5 Å². The number of hydrogen-bond acceptors (Lipinski definition) is 3. The fourth-order valence-corrected chi connectivity index (χ4v) is 1.86. The van der Waals surface area contributed by atoms with Gasteiger partial charge >= 0.3 is 0 Å². The lowest BCUT2D eigenvalue weighted by Gasteiger charge is -2.10. The number of rotatable bonds is 3. The van der Waals surface area contributed by atoms with Crippen LogP contribution in [0.5, 0.6) is 11.5 Å². The Kier molecular flexibility index (Phi) is 9.39. The fraction of sp³-hybridized carbons (Fsp3) is 0.412. The Bertz CT molecular complexity index is 508. The number of halogens is 1. The summed E-state index contributed by atoms with van der Waals surface area (Å²) in [4.78, 5) is 0. The van der Waals surface area contributed by atoms with E-state index in [9.17, 15) is 0 Å². The highest BCUT2D eigenvalue weighted by Crippen LogP contribution is 2.38. The zero-order chi connectivity index (χ0) is 16.4. The van der Waals surface area contributed by atoms with Crippen molar-refractivity contribution >= 4 is 11.6 Å². The predicted octanol–water partition coefficient (Wildman–Crippen LogP) is 5.98. The lowest BCUT2D eigenvalue weighted by atomic mass is 10.1. The Hall–Kier alpha value is -1.61. The van der Waals surface area contributed by atoms with Gasteiger partial charge in [0.25, 0.3) is 0 Å². The molecule has 0 atom stereocenters. The van der Waals surface area contributed by atoms with Gasteiger partial charge in [0, 0.05) is 5.56 Å². The van der Waals surface area contributed by atoms with Crippen molar-refractivity contribution in [3.05, 3.63) is 35.0 Å². The zero-order valence-corrected chi connectivity index (χ0v) is 14.7. The predicted molar refractivity (Wildman–Crippen MR) is 89.7 cm³/mol. The van der Waals surface area contributed by atoms with Crippen molar-refractivity contribution < 1.29 is 13.9 Å². The van der Waals surface area contributed by atoms with Gasteiger partial charge in [0.2, 0.25) is 0 Å². The molecule has 0 aliphatic carbocycles. The Morgan fingerprint density at radius 2 is 1.38 bits per heavy atom. The summed E-state index contributed by atoms with van der Waals surface area (Å²) < 4.78 is 16.0. The van der Waals surface area contributed by atoms with Crippen LogP contribution >= 0.6 is 11.6 Å². The molecule has 1 heterocycles. The third kappa shape index (κ3) is 5.01. The van der Waals surface area contributed by atoms with Crippen LogP contribution < -0.4 is 9.47 Å². The molecule has 1 aromatic heterocycles. The average Bonchev–Trinajstić information content (AvgIpc) is 2.98. The van der Waals surface area contributed by atoms with E-state index >= 15 is 0 Å². The number of benzene rings is 1. The number of ether oxygens (including phenoxy) is 2. The van der Waals surface area contributed by atoms with Crippen molar-refractivity contribution in [2.75, 3.05) is 14.2 Å². The van der Waals surface area contributed by atoms with Gasteiger partial charge in [0.1, 0.15) is 28.0 Å². The van der Waals surface area contributed by atoms with E-state index in [2.05, 4.69) is 0 Å². The second kappa shape index (κ2) is 10.2. The standard InChI is InChI=1S/C13H13ClO3.2C2H6/c1-8-4-5-10(17-8)9-6-11(15-2)13(14)12(7-9)16-3;2*1-2/h4-7H,1-3H3;2*1-2H3. The monoisotopic (exact) mass is 312 g/mol.